The summed E-state index contributed by atoms with van der Waals surface area (Å²) in [6, 6.07) is 15.0. The van der Waals surface area contributed by atoms with Gasteiger partial charge in [-0.05, 0) is 42.3 Å². The number of methoxy groups -OCH3 is 1. The lowest BCUT2D eigenvalue weighted by Crippen LogP contribution is -2.29. The second-order valence-corrected chi connectivity index (χ2v) is 5.91. The van der Waals surface area contributed by atoms with Crippen molar-refractivity contribution in [2.75, 3.05) is 19.0 Å². The van der Waals surface area contributed by atoms with Crippen LogP contribution in [0, 0.1) is 0 Å². The molecule has 0 aliphatic heterocycles. The standard InChI is InChI=1S/C20H21N3O3/c1-26-16-8-6-15(7-9-16)23-20(25)12-19(24)21-11-10-14-13-22-18-5-3-2-4-17(14)18/h2-9,13,22H,10-12H2,1H3,(H,21,24)(H,23,25). The van der Waals surface area contributed by atoms with Crippen LogP contribution in [0.5, 0.6) is 5.75 Å². The third-order valence-electron chi connectivity index (χ3n) is 4.09. The van der Waals surface area contributed by atoms with Gasteiger partial charge in [0.2, 0.25) is 11.8 Å². The predicted molar refractivity (Wildman–Crippen MR) is 101 cm³/mol. The van der Waals surface area contributed by atoms with Crippen LogP contribution in [-0.4, -0.2) is 30.5 Å². The fourth-order valence-corrected chi connectivity index (χ4v) is 2.76. The van der Waals surface area contributed by atoms with Crippen LogP contribution >= 0.6 is 0 Å². The summed E-state index contributed by atoms with van der Waals surface area (Å²) in [7, 11) is 1.58. The van der Waals surface area contributed by atoms with E-state index < -0.39 is 0 Å². The van der Waals surface area contributed by atoms with Crippen LogP contribution in [0.2, 0.25) is 0 Å². The Hall–Kier alpha value is -3.28. The van der Waals surface area contributed by atoms with Gasteiger partial charge >= 0.3 is 0 Å². The molecular weight excluding hydrogens is 330 g/mol. The van der Waals surface area contributed by atoms with E-state index in [4.69, 9.17) is 4.74 Å². The van der Waals surface area contributed by atoms with Crippen LogP contribution in [0.25, 0.3) is 10.9 Å². The van der Waals surface area contributed by atoms with Gasteiger partial charge in [-0.2, -0.15) is 0 Å². The molecule has 0 bridgehead atoms. The Balaban J connectivity index is 1.44. The van der Waals surface area contributed by atoms with Crippen LogP contribution < -0.4 is 15.4 Å². The molecule has 0 atom stereocenters. The number of anilines is 1. The zero-order valence-corrected chi connectivity index (χ0v) is 14.5. The minimum atomic E-state index is -0.347. The number of aromatic amines is 1. The normalized spacial score (nSPS) is 10.5. The molecule has 0 aliphatic rings. The van der Waals surface area contributed by atoms with Crippen molar-refractivity contribution in [3.63, 3.8) is 0 Å². The van der Waals surface area contributed by atoms with Gasteiger partial charge in [-0.15, -0.1) is 0 Å². The minimum Gasteiger partial charge on any atom is -0.497 e. The quantitative estimate of drug-likeness (QED) is 0.572. The number of ether oxygens (including phenoxy) is 1. The van der Waals surface area contributed by atoms with Crippen LogP contribution in [-0.2, 0) is 16.0 Å². The lowest BCUT2D eigenvalue weighted by molar-refractivity contribution is -0.126. The number of carbonyl (C=O) groups excluding carboxylic acids is 2. The summed E-state index contributed by atoms with van der Waals surface area (Å²) in [5, 5.41) is 6.63. The molecule has 0 saturated carbocycles. The maximum absolute atomic E-state index is 11.9. The van der Waals surface area contributed by atoms with Gasteiger partial charge in [0, 0.05) is 29.3 Å². The summed E-state index contributed by atoms with van der Waals surface area (Å²) >= 11 is 0. The van der Waals surface area contributed by atoms with Crippen molar-refractivity contribution in [1.29, 1.82) is 0 Å². The molecule has 0 radical (unpaired) electrons. The second kappa shape index (κ2) is 8.20. The molecule has 0 spiro atoms. The van der Waals surface area contributed by atoms with Crippen LogP contribution in [0.4, 0.5) is 5.69 Å². The number of amides is 2. The second-order valence-electron chi connectivity index (χ2n) is 5.91. The molecule has 0 unspecified atom stereocenters. The molecule has 0 fully saturated rings. The predicted octanol–water partition coefficient (Wildman–Crippen LogP) is 2.86. The fourth-order valence-electron chi connectivity index (χ4n) is 2.76. The Kier molecular flexibility index (Phi) is 5.53. The van der Waals surface area contributed by atoms with E-state index in [1.807, 2.05) is 30.5 Å². The first kappa shape index (κ1) is 17.5. The van der Waals surface area contributed by atoms with Gasteiger partial charge in [0.25, 0.3) is 0 Å². The molecule has 134 valence electrons. The van der Waals surface area contributed by atoms with Gasteiger partial charge in [-0.25, -0.2) is 0 Å². The van der Waals surface area contributed by atoms with Crippen LogP contribution in [0.1, 0.15) is 12.0 Å². The topological polar surface area (TPSA) is 83.2 Å². The maximum atomic E-state index is 11.9. The van der Waals surface area contributed by atoms with Gasteiger partial charge in [0.1, 0.15) is 12.2 Å². The van der Waals surface area contributed by atoms with E-state index in [1.54, 1.807) is 31.4 Å². The Morgan fingerprint density at radius 3 is 2.58 bits per heavy atom. The number of hydrogen-bond donors (Lipinski definition) is 3. The average molecular weight is 351 g/mol. The summed E-state index contributed by atoms with van der Waals surface area (Å²) < 4.78 is 5.06. The molecule has 1 heterocycles. The summed E-state index contributed by atoms with van der Waals surface area (Å²) in [5.41, 5.74) is 2.85. The molecule has 2 aromatic carbocycles. The third kappa shape index (κ3) is 4.42. The zero-order chi connectivity index (χ0) is 18.4. The number of hydrogen-bond acceptors (Lipinski definition) is 3. The Labute approximate surface area is 151 Å². The molecule has 3 rings (SSSR count). The van der Waals surface area contributed by atoms with E-state index in [0.717, 1.165) is 16.5 Å². The molecule has 2 amide bonds. The third-order valence-corrected chi connectivity index (χ3v) is 4.09. The number of aromatic nitrogens is 1. The number of benzene rings is 2. The monoisotopic (exact) mass is 351 g/mol. The van der Waals surface area contributed by atoms with Crippen molar-refractivity contribution in [2.45, 2.75) is 12.8 Å². The molecule has 3 aromatic rings. The minimum absolute atomic E-state index is 0.208. The van der Waals surface area contributed by atoms with E-state index in [9.17, 15) is 9.59 Å². The highest BCUT2D eigenvalue weighted by molar-refractivity contribution is 6.03. The van der Waals surface area contributed by atoms with Gasteiger partial charge in [-0.1, -0.05) is 18.2 Å². The summed E-state index contributed by atoms with van der Waals surface area (Å²) in [4.78, 5) is 27.1. The SMILES string of the molecule is COc1ccc(NC(=O)CC(=O)NCCc2c[nH]c3ccccc23)cc1. The molecule has 1 aromatic heterocycles. The van der Waals surface area contributed by atoms with E-state index in [-0.39, 0.29) is 18.2 Å². The van der Waals surface area contributed by atoms with Crippen molar-refractivity contribution in [1.82, 2.24) is 10.3 Å². The van der Waals surface area contributed by atoms with Crippen molar-refractivity contribution >= 4 is 28.4 Å². The van der Waals surface area contributed by atoms with Gasteiger partial charge < -0.3 is 20.4 Å². The van der Waals surface area contributed by atoms with Crippen molar-refractivity contribution < 1.29 is 14.3 Å². The lowest BCUT2D eigenvalue weighted by Gasteiger charge is -2.07. The highest BCUT2D eigenvalue weighted by Gasteiger charge is 2.10. The van der Waals surface area contributed by atoms with E-state index in [1.165, 1.54) is 0 Å². The van der Waals surface area contributed by atoms with Crippen molar-refractivity contribution in [3.05, 3.63) is 60.3 Å². The van der Waals surface area contributed by atoms with E-state index >= 15 is 0 Å². The van der Waals surface area contributed by atoms with Crippen LogP contribution in [0.15, 0.2) is 54.7 Å². The highest BCUT2D eigenvalue weighted by atomic mass is 16.5. The molecule has 6 heteroatoms. The largest absolute Gasteiger partial charge is 0.497 e. The lowest BCUT2D eigenvalue weighted by atomic mass is 10.1. The molecule has 3 N–H and O–H groups in total. The van der Waals surface area contributed by atoms with E-state index in [0.29, 0.717) is 24.4 Å². The Bertz CT molecular complexity index is 900. The first-order valence-corrected chi connectivity index (χ1v) is 8.41. The molecule has 6 nitrogen and oxygen atoms in total. The molecule has 0 saturated heterocycles. The molecule has 0 aliphatic carbocycles. The first-order chi connectivity index (χ1) is 12.7. The Morgan fingerprint density at radius 1 is 1.04 bits per heavy atom. The molecule has 26 heavy (non-hydrogen) atoms. The number of carbonyl (C=O) groups is 2. The highest BCUT2D eigenvalue weighted by Crippen LogP contribution is 2.18. The summed E-state index contributed by atoms with van der Waals surface area (Å²) in [6.45, 7) is 0.483. The summed E-state index contributed by atoms with van der Waals surface area (Å²) in [5.74, 6) is 0.0636. The number of para-hydroxylation sites is 1. The Morgan fingerprint density at radius 2 is 1.81 bits per heavy atom. The zero-order valence-electron chi connectivity index (χ0n) is 14.5. The van der Waals surface area contributed by atoms with Crippen LogP contribution in [0.3, 0.4) is 0 Å². The van der Waals surface area contributed by atoms with E-state index in [2.05, 4.69) is 15.6 Å². The average Bonchev–Trinajstić information content (AvgIpc) is 3.05. The smallest absolute Gasteiger partial charge is 0.233 e. The number of H-pyrrole nitrogens is 1. The van der Waals surface area contributed by atoms with Crippen molar-refractivity contribution in [3.8, 4) is 5.75 Å². The number of nitrogens with one attached hydrogen (secondary N) is 3. The number of fused-ring (bicyclic) bond motifs is 1. The summed E-state index contributed by atoms with van der Waals surface area (Å²) in [6.07, 6.45) is 2.45. The van der Waals surface area contributed by atoms with Gasteiger partial charge in [0.15, 0.2) is 0 Å². The number of rotatable bonds is 7. The van der Waals surface area contributed by atoms with Gasteiger partial charge in [-0.3, -0.25) is 9.59 Å². The maximum Gasteiger partial charge on any atom is 0.233 e. The molecular formula is C20H21N3O3. The van der Waals surface area contributed by atoms with Crippen molar-refractivity contribution in [2.24, 2.45) is 0 Å². The first-order valence-electron chi connectivity index (χ1n) is 8.41. The fraction of sp³-hybridized carbons (Fsp3) is 0.200. The van der Waals surface area contributed by atoms with Gasteiger partial charge in [0.05, 0.1) is 7.11 Å².